The Bertz CT molecular complexity index is 187. The standard InChI is InChI=1S/B6H2O9/c7-1-4(12-5(2-8)14-10)13-6(3-9)15-11/h10-11H. The molecule has 0 aliphatic heterocycles. The molecule has 0 aliphatic carbocycles. The van der Waals surface area contributed by atoms with E-state index in [1.165, 1.54) is 0 Å². The Morgan fingerprint density at radius 1 is 0.733 bits per heavy atom. The Kier molecular flexibility index (Phi) is 8.56. The zero-order valence-electron chi connectivity index (χ0n) is 7.22. The summed E-state index contributed by atoms with van der Waals surface area (Å²) in [5.41, 5.74) is 0. The van der Waals surface area contributed by atoms with Crippen LogP contribution in [0.25, 0.3) is 0 Å². The molecule has 0 saturated carbocycles. The minimum absolute atomic E-state index is 0.0234. The first-order valence-corrected chi connectivity index (χ1v) is 3.49. The fourth-order valence-corrected chi connectivity index (χ4v) is 0.524. The second-order valence-electron chi connectivity index (χ2n) is 2.00. The molecule has 0 bridgehead atoms. The third-order valence-electron chi connectivity index (χ3n) is 1.08. The van der Waals surface area contributed by atoms with Gasteiger partial charge in [-0.25, -0.2) is 0 Å². The Hall–Kier alpha value is -0.450. The summed E-state index contributed by atoms with van der Waals surface area (Å²) in [6.07, 6.45) is 0. The van der Waals surface area contributed by atoms with Gasteiger partial charge in [0.1, 0.15) is 0 Å². The quantitative estimate of drug-likeness (QED) is 0.234. The molecule has 0 aromatic rings. The second kappa shape index (κ2) is 8.83. The van der Waals surface area contributed by atoms with Crippen molar-refractivity contribution in [2.45, 2.75) is 0 Å². The molecule has 0 aliphatic rings. The molecule has 0 rings (SSSR count). The number of hydrogen-bond donors (Lipinski definition) is 2. The van der Waals surface area contributed by atoms with Gasteiger partial charge in [-0.3, -0.25) is 0 Å². The molecule has 15 heavy (non-hydrogen) atoms. The molecule has 74 valence electrons. The van der Waals surface area contributed by atoms with Crippen molar-refractivity contribution in [3.8, 4) is 0 Å². The Morgan fingerprint density at radius 3 is 1.27 bits per heavy atom. The first kappa shape index (κ1) is 14.5. The molecule has 0 spiro atoms. The molecular weight excluding hydrogens is 209 g/mol. The van der Waals surface area contributed by atoms with Crippen molar-refractivity contribution in [1.82, 2.24) is 0 Å². The molecule has 0 amide bonds. The summed E-state index contributed by atoms with van der Waals surface area (Å²) in [5.74, 6) is 0. The molecule has 0 saturated heterocycles. The van der Waals surface area contributed by atoms with Crippen LogP contribution >= 0.6 is 0 Å². The van der Waals surface area contributed by atoms with E-state index in [0.29, 0.717) is 0 Å². The average Bonchev–Trinajstić information content (AvgIpc) is 2.30. The molecule has 0 unspecified atom stereocenters. The summed E-state index contributed by atoms with van der Waals surface area (Å²) in [6.45, 7) is 0. The second-order valence-corrected chi connectivity index (χ2v) is 2.00. The molecular formula is H2B6O9. The van der Waals surface area contributed by atoms with Crippen LogP contribution in [0.3, 0.4) is 0 Å². The SMILES string of the molecule is O=BB(OO)OB(B=O)OB(B=O)OO. The van der Waals surface area contributed by atoms with E-state index in [1.807, 2.05) is 0 Å². The van der Waals surface area contributed by atoms with Crippen LogP contribution in [0.15, 0.2) is 0 Å². The van der Waals surface area contributed by atoms with E-state index < -0.39 is 21.0 Å². The summed E-state index contributed by atoms with van der Waals surface area (Å²) in [5, 5.41) is 16.1. The van der Waals surface area contributed by atoms with Gasteiger partial charge >= 0.3 is 85.5 Å². The maximum absolute atomic E-state index is 10.3. The van der Waals surface area contributed by atoms with Crippen LogP contribution in [0.4, 0.5) is 0 Å². The summed E-state index contributed by atoms with van der Waals surface area (Å²) < 4.78 is 39.1. The van der Waals surface area contributed by atoms with E-state index in [2.05, 4.69) is 18.8 Å². The van der Waals surface area contributed by atoms with Gasteiger partial charge in [0.25, 0.3) is 0 Å². The summed E-state index contributed by atoms with van der Waals surface area (Å²) in [6, 6.07) is 0. The van der Waals surface area contributed by atoms with E-state index in [1.54, 1.807) is 0 Å². The topological polar surface area (TPSA) is 129 Å². The van der Waals surface area contributed by atoms with Crippen molar-refractivity contribution in [1.29, 1.82) is 0 Å². The predicted octanol–water partition coefficient (Wildman–Crippen LogP) is -2.90. The van der Waals surface area contributed by atoms with Gasteiger partial charge in [0.2, 0.25) is 0 Å². The monoisotopic (exact) mass is 212 g/mol. The van der Waals surface area contributed by atoms with Crippen molar-refractivity contribution in [3.63, 3.8) is 0 Å². The zero-order chi connectivity index (χ0) is 11.7. The van der Waals surface area contributed by atoms with Gasteiger partial charge in [0.05, 0.1) is 0 Å². The first-order valence-electron chi connectivity index (χ1n) is 3.49. The first-order chi connectivity index (χ1) is 7.21. The van der Waals surface area contributed by atoms with Gasteiger partial charge in [-0.2, -0.15) is 0 Å². The van der Waals surface area contributed by atoms with E-state index in [4.69, 9.17) is 10.5 Å². The molecule has 0 atom stereocenters. The Labute approximate surface area is 86.4 Å². The molecule has 0 aromatic heterocycles. The van der Waals surface area contributed by atoms with E-state index in [0.717, 1.165) is 0 Å². The predicted molar refractivity (Wildman–Crippen MR) is 46.2 cm³/mol. The number of hydrogen-bond acceptors (Lipinski definition) is 9. The Morgan fingerprint density at radius 2 is 1.07 bits per heavy atom. The molecule has 0 radical (unpaired) electrons. The maximum atomic E-state index is 10.3. The minimum atomic E-state index is -1.76. The molecule has 0 fully saturated rings. The molecule has 2 N–H and O–H groups in total. The van der Waals surface area contributed by atoms with Crippen LogP contribution in [0.5, 0.6) is 0 Å². The van der Waals surface area contributed by atoms with Gasteiger partial charge < -0.3 is 0 Å². The van der Waals surface area contributed by atoms with Crippen LogP contribution in [0.1, 0.15) is 0 Å². The van der Waals surface area contributed by atoms with E-state index in [9.17, 15) is 14.1 Å². The molecule has 0 aromatic carbocycles. The number of rotatable bonds is 9. The molecule has 9 nitrogen and oxygen atoms in total. The van der Waals surface area contributed by atoms with Gasteiger partial charge in [-0.05, 0) is 0 Å². The van der Waals surface area contributed by atoms with Crippen molar-refractivity contribution >= 4 is 42.1 Å². The Balaban J connectivity index is 4.17. The molecule has 15 heteroatoms. The third-order valence-corrected chi connectivity index (χ3v) is 1.08. The summed E-state index contributed by atoms with van der Waals surface area (Å²) >= 11 is 0. The van der Waals surface area contributed by atoms with Crippen LogP contribution in [0.2, 0.25) is 0 Å². The fourth-order valence-electron chi connectivity index (χ4n) is 0.524. The van der Waals surface area contributed by atoms with Gasteiger partial charge in [0, 0.05) is 0 Å². The fraction of sp³-hybridized carbons (Fsp3) is 0. The van der Waals surface area contributed by atoms with Crippen molar-refractivity contribution in [3.05, 3.63) is 0 Å². The zero-order valence-corrected chi connectivity index (χ0v) is 7.22. The van der Waals surface area contributed by atoms with Crippen LogP contribution in [0, 0.1) is 0 Å². The summed E-state index contributed by atoms with van der Waals surface area (Å²) in [7, 11) is -5.15. The van der Waals surface area contributed by atoms with Gasteiger partial charge in [-0.1, -0.05) is 0 Å². The van der Waals surface area contributed by atoms with E-state index >= 15 is 0 Å². The van der Waals surface area contributed by atoms with Crippen LogP contribution in [-0.4, -0.2) is 52.7 Å². The van der Waals surface area contributed by atoms with Crippen molar-refractivity contribution in [2.75, 3.05) is 0 Å². The van der Waals surface area contributed by atoms with Gasteiger partial charge in [-0.15, -0.1) is 0 Å². The third kappa shape index (κ3) is 5.87. The van der Waals surface area contributed by atoms with Crippen molar-refractivity contribution in [2.24, 2.45) is 0 Å². The molecule has 0 heterocycles. The van der Waals surface area contributed by atoms with Crippen LogP contribution in [-0.2, 0) is 32.9 Å². The normalized spacial score (nSPS) is 8.40. The van der Waals surface area contributed by atoms with Gasteiger partial charge in [0.15, 0.2) is 0 Å². The van der Waals surface area contributed by atoms with Crippen molar-refractivity contribution < 1.29 is 43.4 Å². The van der Waals surface area contributed by atoms with Crippen LogP contribution < -0.4 is 0 Å². The van der Waals surface area contributed by atoms with E-state index in [-0.39, 0.29) is 21.1 Å². The average molecular weight is 211 g/mol. The summed E-state index contributed by atoms with van der Waals surface area (Å²) in [4.78, 5) is 6.92.